The van der Waals surface area contributed by atoms with Crippen molar-refractivity contribution in [3.63, 3.8) is 0 Å². The summed E-state index contributed by atoms with van der Waals surface area (Å²) in [5.41, 5.74) is 0. The van der Waals surface area contributed by atoms with Gasteiger partial charge in [-0.15, -0.1) is 0 Å². The maximum Gasteiger partial charge on any atom is 0.0647 e. The molecule has 1 aliphatic rings. The van der Waals surface area contributed by atoms with Crippen molar-refractivity contribution in [2.24, 2.45) is 0 Å². The molecule has 2 nitrogen and oxygen atoms in total. The zero-order chi connectivity index (χ0) is 8.81. The topological polar surface area (TPSA) is 12.5 Å². The Morgan fingerprint density at radius 2 is 2.17 bits per heavy atom. The van der Waals surface area contributed by atoms with E-state index in [0.717, 1.165) is 32.7 Å². The van der Waals surface area contributed by atoms with Gasteiger partial charge in [0.15, 0.2) is 0 Å². The molecule has 0 radical (unpaired) electrons. The predicted octanol–water partition coefficient (Wildman–Crippen LogP) is 1.67. The highest BCUT2D eigenvalue weighted by atomic mass is 16.5. The van der Waals surface area contributed by atoms with E-state index in [0.29, 0.717) is 6.04 Å². The molecular formula is C10H19NO. The number of rotatable bonds is 1. The summed E-state index contributed by atoms with van der Waals surface area (Å²) in [7, 11) is 0. The van der Waals surface area contributed by atoms with Crippen LogP contribution in [-0.4, -0.2) is 37.2 Å². The van der Waals surface area contributed by atoms with Crippen LogP contribution in [0.1, 0.15) is 20.3 Å². The zero-order valence-electron chi connectivity index (χ0n) is 8.12. The first-order valence-electron chi connectivity index (χ1n) is 4.77. The van der Waals surface area contributed by atoms with Gasteiger partial charge in [-0.2, -0.15) is 0 Å². The summed E-state index contributed by atoms with van der Waals surface area (Å²) in [6.45, 7) is 8.39. The van der Waals surface area contributed by atoms with Gasteiger partial charge < -0.3 is 4.74 Å². The van der Waals surface area contributed by atoms with Crippen LogP contribution in [0.15, 0.2) is 12.2 Å². The molecule has 0 aromatic carbocycles. The van der Waals surface area contributed by atoms with Gasteiger partial charge in [0.25, 0.3) is 0 Å². The first kappa shape index (κ1) is 9.75. The molecule has 0 N–H and O–H groups in total. The van der Waals surface area contributed by atoms with Gasteiger partial charge >= 0.3 is 0 Å². The van der Waals surface area contributed by atoms with Crippen LogP contribution in [-0.2, 0) is 4.74 Å². The van der Waals surface area contributed by atoms with Crippen molar-refractivity contribution in [1.29, 1.82) is 0 Å². The van der Waals surface area contributed by atoms with E-state index in [-0.39, 0.29) is 0 Å². The Morgan fingerprint density at radius 3 is 2.92 bits per heavy atom. The lowest BCUT2D eigenvalue weighted by Crippen LogP contribution is -2.32. The lowest BCUT2D eigenvalue weighted by Gasteiger charge is -2.24. The quantitative estimate of drug-likeness (QED) is 0.554. The smallest absolute Gasteiger partial charge is 0.0647 e. The molecule has 0 unspecified atom stereocenters. The van der Waals surface area contributed by atoms with Crippen LogP contribution >= 0.6 is 0 Å². The summed E-state index contributed by atoms with van der Waals surface area (Å²) in [5.74, 6) is 0. The van der Waals surface area contributed by atoms with Crippen molar-refractivity contribution >= 4 is 0 Å². The van der Waals surface area contributed by atoms with Crippen molar-refractivity contribution in [3.8, 4) is 0 Å². The van der Waals surface area contributed by atoms with Gasteiger partial charge in [0.05, 0.1) is 6.61 Å². The van der Waals surface area contributed by atoms with E-state index in [2.05, 4.69) is 30.9 Å². The van der Waals surface area contributed by atoms with Gasteiger partial charge in [0.2, 0.25) is 0 Å². The second kappa shape index (κ2) is 5.33. The van der Waals surface area contributed by atoms with E-state index in [1.165, 1.54) is 0 Å². The highest BCUT2D eigenvalue weighted by Gasteiger charge is 2.07. The Kier molecular flexibility index (Phi) is 4.33. The van der Waals surface area contributed by atoms with Crippen molar-refractivity contribution < 1.29 is 4.74 Å². The molecule has 0 aromatic rings. The third-order valence-corrected chi connectivity index (χ3v) is 2.18. The number of hydrogen-bond donors (Lipinski definition) is 0. The first-order chi connectivity index (χ1) is 5.80. The standard InChI is InChI=1S/C10H19NO/c1-10(2)11-6-3-4-8-12-9-5-7-11/h3-4,10H,5-9H2,1-2H3/b4-3-. The molecule has 1 heterocycles. The molecule has 0 atom stereocenters. The summed E-state index contributed by atoms with van der Waals surface area (Å²) in [4.78, 5) is 2.46. The number of hydrogen-bond acceptors (Lipinski definition) is 2. The van der Waals surface area contributed by atoms with Gasteiger partial charge in [0, 0.05) is 25.7 Å². The highest BCUT2D eigenvalue weighted by molar-refractivity contribution is 4.86. The zero-order valence-corrected chi connectivity index (χ0v) is 8.12. The molecule has 0 fully saturated rings. The molecule has 2 heteroatoms. The molecule has 12 heavy (non-hydrogen) atoms. The molecule has 70 valence electrons. The Hall–Kier alpha value is -0.340. The Balaban J connectivity index is 2.38. The third-order valence-electron chi connectivity index (χ3n) is 2.18. The van der Waals surface area contributed by atoms with Crippen LogP contribution < -0.4 is 0 Å². The van der Waals surface area contributed by atoms with Gasteiger partial charge in [-0.05, 0) is 20.3 Å². The minimum Gasteiger partial charge on any atom is -0.377 e. The average molecular weight is 169 g/mol. The van der Waals surface area contributed by atoms with Crippen molar-refractivity contribution in [3.05, 3.63) is 12.2 Å². The predicted molar refractivity (Wildman–Crippen MR) is 51.3 cm³/mol. The third kappa shape index (κ3) is 3.37. The molecule has 0 amide bonds. The SMILES string of the molecule is CC(C)N1C/C=C\COCCC1. The summed E-state index contributed by atoms with van der Waals surface area (Å²) >= 11 is 0. The fraction of sp³-hybridized carbons (Fsp3) is 0.800. The molecule has 0 aromatic heterocycles. The summed E-state index contributed by atoms with van der Waals surface area (Å²) in [6, 6.07) is 0.646. The van der Waals surface area contributed by atoms with Crippen LogP contribution in [0.2, 0.25) is 0 Å². The summed E-state index contributed by atoms with van der Waals surface area (Å²) in [6.07, 6.45) is 5.46. The molecule has 0 spiro atoms. The first-order valence-corrected chi connectivity index (χ1v) is 4.77. The molecule has 0 aliphatic carbocycles. The molecule has 1 aliphatic heterocycles. The Bertz CT molecular complexity index is 143. The van der Waals surface area contributed by atoms with Gasteiger partial charge in [-0.25, -0.2) is 0 Å². The largest absolute Gasteiger partial charge is 0.377 e. The number of nitrogens with zero attached hydrogens (tertiary/aromatic N) is 1. The normalized spacial score (nSPS) is 24.6. The summed E-state index contributed by atoms with van der Waals surface area (Å²) < 4.78 is 5.37. The van der Waals surface area contributed by atoms with Gasteiger partial charge in [0.1, 0.15) is 0 Å². The highest BCUT2D eigenvalue weighted by Crippen LogP contribution is 2.01. The van der Waals surface area contributed by atoms with Gasteiger partial charge in [-0.1, -0.05) is 12.2 Å². The Labute approximate surface area is 75.2 Å². The van der Waals surface area contributed by atoms with Crippen LogP contribution in [0.4, 0.5) is 0 Å². The molecule has 1 rings (SSSR count). The van der Waals surface area contributed by atoms with E-state index in [4.69, 9.17) is 4.74 Å². The molecule has 0 saturated carbocycles. The second-order valence-electron chi connectivity index (χ2n) is 3.49. The monoisotopic (exact) mass is 169 g/mol. The van der Waals surface area contributed by atoms with E-state index in [9.17, 15) is 0 Å². The molecule has 0 saturated heterocycles. The van der Waals surface area contributed by atoms with Crippen molar-refractivity contribution in [2.75, 3.05) is 26.3 Å². The lowest BCUT2D eigenvalue weighted by molar-refractivity contribution is 0.144. The fourth-order valence-electron chi connectivity index (χ4n) is 1.36. The minimum absolute atomic E-state index is 0.646. The number of ether oxygens (including phenoxy) is 1. The molecular weight excluding hydrogens is 150 g/mol. The summed E-state index contributed by atoms with van der Waals surface area (Å²) in [5, 5.41) is 0. The van der Waals surface area contributed by atoms with Crippen LogP contribution in [0.3, 0.4) is 0 Å². The second-order valence-corrected chi connectivity index (χ2v) is 3.49. The van der Waals surface area contributed by atoms with Crippen LogP contribution in [0.5, 0.6) is 0 Å². The fourth-order valence-corrected chi connectivity index (χ4v) is 1.36. The molecule has 0 bridgehead atoms. The minimum atomic E-state index is 0.646. The van der Waals surface area contributed by atoms with Gasteiger partial charge in [-0.3, -0.25) is 4.90 Å². The van der Waals surface area contributed by atoms with Crippen LogP contribution in [0, 0.1) is 0 Å². The average Bonchev–Trinajstić information content (AvgIpc) is 2.15. The maximum atomic E-state index is 5.37. The van der Waals surface area contributed by atoms with E-state index in [1.807, 2.05) is 0 Å². The lowest BCUT2D eigenvalue weighted by atomic mass is 10.3. The van der Waals surface area contributed by atoms with E-state index < -0.39 is 0 Å². The van der Waals surface area contributed by atoms with Crippen molar-refractivity contribution in [2.45, 2.75) is 26.3 Å². The Morgan fingerprint density at radius 1 is 1.33 bits per heavy atom. The van der Waals surface area contributed by atoms with Crippen molar-refractivity contribution in [1.82, 2.24) is 4.90 Å². The van der Waals surface area contributed by atoms with E-state index in [1.54, 1.807) is 0 Å². The van der Waals surface area contributed by atoms with E-state index >= 15 is 0 Å². The van der Waals surface area contributed by atoms with Crippen LogP contribution in [0.25, 0.3) is 0 Å². The maximum absolute atomic E-state index is 5.37.